The molecule has 8 nitrogen and oxygen atoms in total. The Morgan fingerprint density at radius 1 is 1.11 bits per heavy atom. The molecule has 0 amide bonds. The van der Waals surface area contributed by atoms with Crippen molar-refractivity contribution in [2.75, 3.05) is 38.2 Å². The number of anilines is 1. The first kappa shape index (κ1) is 17.9. The second-order valence-electron chi connectivity index (χ2n) is 6.35. The molecule has 27 heavy (non-hydrogen) atoms. The number of rotatable bonds is 6. The van der Waals surface area contributed by atoms with Crippen LogP contribution in [0.25, 0.3) is 11.4 Å². The molecular formula is C18H22N6O2S. The summed E-state index contributed by atoms with van der Waals surface area (Å²) >= 11 is 1.49. The fraction of sp³-hybridized carbons (Fsp3) is 0.444. The summed E-state index contributed by atoms with van der Waals surface area (Å²) < 4.78 is 15.0. The van der Waals surface area contributed by atoms with E-state index >= 15 is 0 Å². The van der Waals surface area contributed by atoms with Gasteiger partial charge in [-0.3, -0.25) is 4.90 Å². The number of piperazine rings is 1. The predicted molar refractivity (Wildman–Crippen MR) is 103 cm³/mol. The van der Waals surface area contributed by atoms with Crippen LogP contribution < -0.4 is 9.64 Å². The van der Waals surface area contributed by atoms with Crippen molar-refractivity contribution in [2.24, 2.45) is 0 Å². The first-order chi connectivity index (χ1) is 13.2. The zero-order chi connectivity index (χ0) is 18.6. The van der Waals surface area contributed by atoms with Gasteiger partial charge in [-0.05, 0) is 24.3 Å². The Hall–Kier alpha value is -2.52. The molecule has 0 atom stereocenters. The van der Waals surface area contributed by atoms with E-state index in [0.29, 0.717) is 18.3 Å². The van der Waals surface area contributed by atoms with Gasteiger partial charge < -0.3 is 14.2 Å². The first-order valence-corrected chi connectivity index (χ1v) is 9.79. The molecule has 4 rings (SSSR count). The van der Waals surface area contributed by atoms with Gasteiger partial charge in [0.15, 0.2) is 0 Å². The van der Waals surface area contributed by atoms with Crippen molar-refractivity contribution < 1.29 is 9.26 Å². The van der Waals surface area contributed by atoms with Gasteiger partial charge in [0.05, 0.1) is 13.7 Å². The van der Waals surface area contributed by atoms with Gasteiger partial charge in [0, 0.05) is 49.7 Å². The van der Waals surface area contributed by atoms with E-state index in [1.54, 1.807) is 7.11 Å². The normalized spacial score (nSPS) is 15.3. The molecule has 0 spiro atoms. The molecule has 1 fully saturated rings. The van der Waals surface area contributed by atoms with Crippen LogP contribution in [0.2, 0.25) is 0 Å². The number of hydrogen-bond donors (Lipinski definition) is 0. The Bertz CT molecular complexity index is 870. The van der Waals surface area contributed by atoms with Gasteiger partial charge in [-0.25, -0.2) is 4.98 Å². The van der Waals surface area contributed by atoms with E-state index in [1.165, 1.54) is 11.5 Å². The largest absolute Gasteiger partial charge is 0.497 e. The minimum Gasteiger partial charge on any atom is -0.497 e. The van der Waals surface area contributed by atoms with Crippen LogP contribution in [0.15, 0.2) is 28.8 Å². The minimum absolute atomic E-state index is 0.604. The molecule has 0 radical (unpaired) electrons. The maximum Gasteiger partial charge on any atom is 0.241 e. The Kier molecular flexibility index (Phi) is 5.30. The van der Waals surface area contributed by atoms with Gasteiger partial charge in [0.25, 0.3) is 0 Å². The third-order valence-corrected chi connectivity index (χ3v) is 5.41. The quantitative estimate of drug-likeness (QED) is 0.639. The molecule has 142 valence electrons. The summed E-state index contributed by atoms with van der Waals surface area (Å²) in [7, 11) is 1.65. The molecule has 3 heterocycles. The molecule has 0 N–H and O–H groups in total. The van der Waals surface area contributed by atoms with E-state index in [-0.39, 0.29) is 0 Å². The molecule has 1 aromatic carbocycles. The Labute approximate surface area is 161 Å². The zero-order valence-electron chi connectivity index (χ0n) is 15.5. The van der Waals surface area contributed by atoms with Crippen LogP contribution in [0.4, 0.5) is 5.13 Å². The SMILES string of the molecule is CCc1nsc(N2CCN(Cc3nc(-c4ccc(OC)cc4)no3)CC2)n1. The number of ether oxygens (including phenoxy) is 1. The van der Waals surface area contributed by atoms with Crippen LogP contribution in [0.1, 0.15) is 18.6 Å². The topological polar surface area (TPSA) is 80.4 Å². The van der Waals surface area contributed by atoms with Crippen LogP contribution in [0, 0.1) is 0 Å². The van der Waals surface area contributed by atoms with Crippen molar-refractivity contribution in [1.82, 2.24) is 24.4 Å². The number of hydrogen-bond acceptors (Lipinski definition) is 9. The van der Waals surface area contributed by atoms with Crippen molar-refractivity contribution >= 4 is 16.7 Å². The second kappa shape index (κ2) is 8.01. The lowest BCUT2D eigenvalue weighted by Crippen LogP contribution is -2.46. The molecule has 1 aliphatic rings. The van der Waals surface area contributed by atoms with Gasteiger partial charge in [-0.2, -0.15) is 9.36 Å². The molecule has 1 aliphatic heterocycles. The van der Waals surface area contributed by atoms with Gasteiger partial charge in [0.2, 0.25) is 16.8 Å². The number of aryl methyl sites for hydroxylation is 1. The van der Waals surface area contributed by atoms with E-state index in [1.807, 2.05) is 24.3 Å². The van der Waals surface area contributed by atoms with Crippen LogP contribution in [-0.4, -0.2) is 57.7 Å². The Balaban J connectivity index is 1.33. The van der Waals surface area contributed by atoms with E-state index < -0.39 is 0 Å². The predicted octanol–water partition coefficient (Wildman–Crippen LogP) is 2.48. The molecule has 0 bridgehead atoms. The lowest BCUT2D eigenvalue weighted by molar-refractivity contribution is 0.215. The second-order valence-corrected chi connectivity index (χ2v) is 7.08. The number of methoxy groups -OCH3 is 1. The highest BCUT2D eigenvalue weighted by Gasteiger charge is 2.21. The summed E-state index contributed by atoms with van der Waals surface area (Å²) in [5, 5.41) is 5.12. The summed E-state index contributed by atoms with van der Waals surface area (Å²) in [6.07, 6.45) is 0.879. The van der Waals surface area contributed by atoms with Crippen molar-refractivity contribution in [2.45, 2.75) is 19.9 Å². The monoisotopic (exact) mass is 386 g/mol. The summed E-state index contributed by atoms with van der Waals surface area (Å²) in [5.41, 5.74) is 0.915. The third kappa shape index (κ3) is 4.09. The first-order valence-electron chi connectivity index (χ1n) is 9.02. The number of benzene rings is 1. The van der Waals surface area contributed by atoms with Crippen molar-refractivity contribution in [3.8, 4) is 17.1 Å². The summed E-state index contributed by atoms with van der Waals surface area (Å²) in [5.74, 6) is 2.97. The van der Waals surface area contributed by atoms with E-state index in [9.17, 15) is 0 Å². The molecule has 0 unspecified atom stereocenters. The standard InChI is InChI=1S/C18H22N6O2S/c1-3-15-19-18(27-22-15)24-10-8-23(9-11-24)12-16-20-17(21-26-16)13-4-6-14(25-2)7-5-13/h4-7H,3,8-12H2,1-2H3. The van der Waals surface area contributed by atoms with E-state index in [4.69, 9.17) is 9.26 Å². The highest BCUT2D eigenvalue weighted by molar-refractivity contribution is 7.09. The maximum atomic E-state index is 5.44. The van der Waals surface area contributed by atoms with Crippen LogP contribution >= 0.6 is 11.5 Å². The average Bonchev–Trinajstić information content (AvgIpc) is 3.38. The van der Waals surface area contributed by atoms with Crippen molar-refractivity contribution in [1.29, 1.82) is 0 Å². The summed E-state index contributed by atoms with van der Waals surface area (Å²) in [6, 6.07) is 7.64. The summed E-state index contributed by atoms with van der Waals surface area (Å²) in [6.45, 7) is 6.46. The van der Waals surface area contributed by atoms with E-state index in [0.717, 1.165) is 54.9 Å². The van der Waals surface area contributed by atoms with Gasteiger partial charge in [0.1, 0.15) is 11.6 Å². The number of aromatic nitrogens is 4. The number of nitrogens with zero attached hydrogens (tertiary/aromatic N) is 6. The zero-order valence-corrected chi connectivity index (χ0v) is 16.3. The van der Waals surface area contributed by atoms with Gasteiger partial charge >= 0.3 is 0 Å². The summed E-state index contributed by atoms with van der Waals surface area (Å²) in [4.78, 5) is 13.7. The van der Waals surface area contributed by atoms with Gasteiger partial charge in [-0.1, -0.05) is 12.1 Å². The van der Waals surface area contributed by atoms with Crippen LogP contribution in [0.5, 0.6) is 5.75 Å². The van der Waals surface area contributed by atoms with E-state index in [2.05, 4.69) is 36.2 Å². The Morgan fingerprint density at radius 2 is 1.89 bits per heavy atom. The maximum absolute atomic E-state index is 5.44. The highest BCUT2D eigenvalue weighted by atomic mass is 32.1. The molecular weight excluding hydrogens is 364 g/mol. The average molecular weight is 386 g/mol. The van der Waals surface area contributed by atoms with Crippen molar-refractivity contribution in [3.63, 3.8) is 0 Å². The third-order valence-electron chi connectivity index (χ3n) is 4.59. The smallest absolute Gasteiger partial charge is 0.241 e. The fourth-order valence-electron chi connectivity index (χ4n) is 2.98. The lowest BCUT2D eigenvalue weighted by atomic mass is 10.2. The highest BCUT2D eigenvalue weighted by Crippen LogP contribution is 2.22. The molecule has 3 aromatic rings. The molecule has 9 heteroatoms. The van der Waals surface area contributed by atoms with Crippen LogP contribution in [0.3, 0.4) is 0 Å². The van der Waals surface area contributed by atoms with Crippen LogP contribution in [-0.2, 0) is 13.0 Å². The van der Waals surface area contributed by atoms with Crippen molar-refractivity contribution in [3.05, 3.63) is 36.0 Å². The lowest BCUT2D eigenvalue weighted by Gasteiger charge is -2.33. The molecule has 0 saturated carbocycles. The minimum atomic E-state index is 0.604. The molecule has 0 aliphatic carbocycles. The van der Waals surface area contributed by atoms with Gasteiger partial charge in [-0.15, -0.1) is 0 Å². The fourth-order valence-corrected chi connectivity index (χ4v) is 3.78. The molecule has 2 aromatic heterocycles. The molecule has 1 saturated heterocycles. The Morgan fingerprint density at radius 3 is 2.56 bits per heavy atom.